The number of aromatic nitrogens is 3. The van der Waals surface area contributed by atoms with Crippen LogP contribution in [-0.4, -0.2) is 46.5 Å². The number of nitrogen functional groups attached to an aromatic ring is 1. The second-order valence-electron chi connectivity index (χ2n) is 6.62. The summed E-state index contributed by atoms with van der Waals surface area (Å²) in [5.41, 5.74) is 8.86. The molecule has 0 radical (unpaired) electrons. The smallest absolute Gasteiger partial charge is 0.249 e. The van der Waals surface area contributed by atoms with Crippen molar-refractivity contribution in [3.63, 3.8) is 0 Å². The number of hydrogen-bond acceptors (Lipinski definition) is 7. The fraction of sp³-hybridized carbons (Fsp3) is 0.250. The van der Waals surface area contributed by atoms with Crippen LogP contribution in [0.4, 0.5) is 5.82 Å². The number of nitrogens with zero attached hydrogens (tertiary/aromatic N) is 4. The molecule has 2 aromatic heterocycles. The van der Waals surface area contributed by atoms with Gasteiger partial charge in [-0.15, -0.1) is 0 Å². The molecule has 1 aromatic carbocycles. The van der Waals surface area contributed by atoms with Gasteiger partial charge in [-0.2, -0.15) is 4.31 Å². The van der Waals surface area contributed by atoms with Gasteiger partial charge in [0.25, 0.3) is 0 Å². The van der Waals surface area contributed by atoms with E-state index < -0.39 is 10.0 Å². The summed E-state index contributed by atoms with van der Waals surface area (Å²) in [6.07, 6.45) is 5.64. The van der Waals surface area contributed by atoms with Crippen LogP contribution in [0.3, 0.4) is 0 Å². The monoisotopic (exact) mass is 413 g/mol. The van der Waals surface area contributed by atoms with Crippen molar-refractivity contribution < 1.29 is 14.3 Å². The van der Waals surface area contributed by atoms with Crippen LogP contribution in [0.25, 0.3) is 28.5 Å². The number of nitrogens with two attached hydrogens (primary N) is 1. The van der Waals surface area contributed by atoms with Gasteiger partial charge in [0.2, 0.25) is 15.9 Å². The third-order valence-corrected chi connectivity index (χ3v) is 6.67. The molecule has 0 aliphatic carbocycles. The highest BCUT2D eigenvalue weighted by atomic mass is 32.2. The molecule has 9 heteroatoms. The highest BCUT2D eigenvalue weighted by Gasteiger charge is 2.24. The first-order valence-electron chi connectivity index (χ1n) is 9.29. The molecule has 8 nitrogen and oxygen atoms in total. The first-order chi connectivity index (χ1) is 14.0. The van der Waals surface area contributed by atoms with Crippen LogP contribution in [0.15, 0.2) is 53.2 Å². The molecule has 0 bridgehead atoms. The van der Waals surface area contributed by atoms with Gasteiger partial charge in [-0.3, -0.25) is 0 Å². The van der Waals surface area contributed by atoms with Gasteiger partial charge in [0, 0.05) is 20.1 Å². The molecular formula is C20H23N5O3S. The lowest BCUT2D eigenvalue weighted by Crippen LogP contribution is -2.35. The Balaban J connectivity index is 0.00000256. The van der Waals surface area contributed by atoms with Crippen LogP contribution in [0, 0.1) is 0 Å². The average molecular weight is 414 g/mol. The van der Waals surface area contributed by atoms with E-state index in [0.29, 0.717) is 42.5 Å². The van der Waals surface area contributed by atoms with E-state index in [1.165, 1.54) is 4.31 Å². The quantitative estimate of drug-likeness (QED) is 0.683. The van der Waals surface area contributed by atoms with E-state index >= 15 is 0 Å². The Morgan fingerprint density at radius 2 is 2.00 bits per heavy atom. The minimum absolute atomic E-state index is 0. The fourth-order valence-electron chi connectivity index (χ4n) is 3.15. The molecule has 0 saturated carbocycles. The fourth-order valence-corrected chi connectivity index (χ4v) is 4.18. The Hall–Kier alpha value is -3.04. The molecular weight excluding hydrogens is 390 g/mol. The van der Waals surface area contributed by atoms with E-state index in [1.54, 1.807) is 19.3 Å². The standard InChI is InChI=1S/C20H21N5O3S.H2/c1-2-29(26,27)25-10-8-14(9-11-25)16-12-22-19(21)18(24-16)20-23-13-17(28-20)15-6-4-3-5-7-15;/h3-8,12-13H,2,9-11H2,1H3,(H2,21,22);1H. The molecule has 0 saturated heterocycles. The summed E-state index contributed by atoms with van der Waals surface area (Å²) in [5, 5.41) is 0. The van der Waals surface area contributed by atoms with Crippen LogP contribution < -0.4 is 5.73 Å². The number of oxazole rings is 1. The Labute approximate surface area is 170 Å². The van der Waals surface area contributed by atoms with Crippen molar-refractivity contribution in [1.82, 2.24) is 19.3 Å². The Kier molecular flexibility index (Phi) is 5.16. The van der Waals surface area contributed by atoms with E-state index in [0.717, 1.165) is 11.1 Å². The maximum Gasteiger partial charge on any atom is 0.249 e. The van der Waals surface area contributed by atoms with Gasteiger partial charge in [-0.25, -0.2) is 23.4 Å². The topological polar surface area (TPSA) is 115 Å². The van der Waals surface area contributed by atoms with Crippen molar-refractivity contribution in [2.75, 3.05) is 24.6 Å². The number of sulfonamides is 1. The maximum absolute atomic E-state index is 12.0. The lowest BCUT2D eigenvalue weighted by molar-refractivity contribution is 0.442. The van der Waals surface area contributed by atoms with Gasteiger partial charge in [-0.05, 0) is 18.9 Å². The summed E-state index contributed by atoms with van der Waals surface area (Å²) in [4.78, 5) is 13.1. The number of hydrogen-bond donors (Lipinski definition) is 1. The molecule has 0 spiro atoms. The zero-order valence-electron chi connectivity index (χ0n) is 15.9. The summed E-state index contributed by atoms with van der Waals surface area (Å²) >= 11 is 0. The van der Waals surface area contributed by atoms with Crippen LogP contribution >= 0.6 is 0 Å². The van der Waals surface area contributed by atoms with Gasteiger partial charge in [0.1, 0.15) is 0 Å². The first kappa shape index (κ1) is 19.3. The van der Waals surface area contributed by atoms with Crippen LogP contribution in [0.2, 0.25) is 0 Å². The summed E-state index contributed by atoms with van der Waals surface area (Å²) in [6, 6.07) is 9.63. The molecule has 0 fully saturated rings. The predicted molar refractivity (Wildman–Crippen MR) is 113 cm³/mol. The summed E-state index contributed by atoms with van der Waals surface area (Å²) < 4.78 is 31.4. The zero-order chi connectivity index (χ0) is 20.4. The van der Waals surface area contributed by atoms with E-state index in [4.69, 9.17) is 10.2 Å². The lowest BCUT2D eigenvalue weighted by Gasteiger charge is -2.25. The molecule has 0 amide bonds. The van der Waals surface area contributed by atoms with Crippen molar-refractivity contribution in [3.8, 4) is 22.9 Å². The van der Waals surface area contributed by atoms with Crippen LogP contribution in [0.5, 0.6) is 0 Å². The number of rotatable bonds is 5. The largest absolute Gasteiger partial charge is 0.435 e. The molecule has 1 aliphatic rings. The second-order valence-corrected chi connectivity index (χ2v) is 8.88. The molecule has 2 N–H and O–H groups in total. The van der Waals surface area contributed by atoms with Crippen molar-refractivity contribution >= 4 is 21.4 Å². The molecule has 152 valence electrons. The number of benzene rings is 1. The third kappa shape index (κ3) is 3.92. The highest BCUT2D eigenvalue weighted by Crippen LogP contribution is 2.29. The molecule has 0 atom stereocenters. The SMILES string of the molecule is CCS(=O)(=O)N1CC=C(c2cnc(N)c(-c3ncc(-c4ccccc4)o3)n2)CC1.[HH]. The zero-order valence-corrected chi connectivity index (χ0v) is 16.8. The molecule has 29 heavy (non-hydrogen) atoms. The Morgan fingerprint density at radius 1 is 1.21 bits per heavy atom. The third-order valence-electron chi connectivity index (χ3n) is 4.83. The summed E-state index contributed by atoms with van der Waals surface area (Å²) in [5.74, 6) is 1.23. The maximum atomic E-state index is 12.0. The van der Waals surface area contributed by atoms with Gasteiger partial charge in [0.05, 0.1) is 23.8 Å². The molecule has 4 rings (SSSR count). The van der Waals surface area contributed by atoms with Crippen molar-refractivity contribution in [2.24, 2.45) is 0 Å². The van der Waals surface area contributed by atoms with Gasteiger partial charge >= 0.3 is 0 Å². The van der Waals surface area contributed by atoms with Gasteiger partial charge in [0.15, 0.2) is 17.3 Å². The molecule has 0 unspecified atom stereocenters. The minimum atomic E-state index is -3.20. The summed E-state index contributed by atoms with van der Waals surface area (Å²) in [7, 11) is -3.20. The van der Waals surface area contributed by atoms with Crippen molar-refractivity contribution in [3.05, 3.63) is 54.5 Å². The van der Waals surface area contributed by atoms with Crippen LogP contribution in [-0.2, 0) is 10.0 Å². The lowest BCUT2D eigenvalue weighted by atomic mass is 10.1. The second kappa shape index (κ2) is 7.76. The first-order valence-corrected chi connectivity index (χ1v) is 10.9. The van der Waals surface area contributed by atoms with E-state index in [1.807, 2.05) is 36.4 Å². The Bertz CT molecular complexity index is 1160. The molecule has 3 aromatic rings. The van der Waals surface area contributed by atoms with E-state index in [2.05, 4.69) is 15.0 Å². The Morgan fingerprint density at radius 3 is 2.69 bits per heavy atom. The minimum Gasteiger partial charge on any atom is -0.435 e. The molecule has 1 aliphatic heterocycles. The number of anilines is 1. The summed E-state index contributed by atoms with van der Waals surface area (Å²) in [6.45, 7) is 2.39. The predicted octanol–water partition coefficient (Wildman–Crippen LogP) is 3.07. The van der Waals surface area contributed by atoms with Gasteiger partial charge < -0.3 is 10.2 Å². The molecule has 3 heterocycles. The van der Waals surface area contributed by atoms with E-state index in [9.17, 15) is 8.42 Å². The van der Waals surface area contributed by atoms with E-state index in [-0.39, 0.29) is 13.0 Å². The van der Waals surface area contributed by atoms with Crippen molar-refractivity contribution in [2.45, 2.75) is 13.3 Å². The van der Waals surface area contributed by atoms with Crippen LogP contribution in [0.1, 0.15) is 20.5 Å². The highest BCUT2D eigenvalue weighted by molar-refractivity contribution is 7.89. The average Bonchev–Trinajstić information content (AvgIpc) is 3.25. The van der Waals surface area contributed by atoms with Gasteiger partial charge in [-0.1, -0.05) is 36.4 Å². The normalized spacial score (nSPS) is 15.3. The van der Waals surface area contributed by atoms with Crippen molar-refractivity contribution in [1.29, 1.82) is 0 Å².